The molecule has 17 heavy (non-hydrogen) atoms. The van der Waals surface area contributed by atoms with Crippen LogP contribution in [0.4, 0.5) is 13.2 Å². The topological polar surface area (TPSA) is 34.1 Å². The molecule has 0 aromatic carbocycles. The highest BCUT2D eigenvalue weighted by Gasteiger charge is 2.37. The molecule has 1 N–H and O–H groups in total. The lowest BCUT2D eigenvalue weighted by molar-refractivity contribution is -0.141. The van der Waals surface area contributed by atoms with Gasteiger partial charge in [-0.2, -0.15) is 13.2 Å². The quantitative estimate of drug-likeness (QED) is 0.891. The van der Waals surface area contributed by atoms with Crippen LogP contribution in [-0.2, 0) is 17.5 Å². The van der Waals surface area contributed by atoms with Gasteiger partial charge in [-0.1, -0.05) is 6.92 Å². The molecule has 0 fully saturated rings. The summed E-state index contributed by atoms with van der Waals surface area (Å²) in [4.78, 5) is 3.84. The van der Waals surface area contributed by atoms with Crippen LogP contribution < -0.4 is 5.32 Å². The second-order valence-corrected chi connectivity index (χ2v) is 4.60. The molecule has 0 spiro atoms. The maximum atomic E-state index is 12.7. The summed E-state index contributed by atoms with van der Waals surface area (Å²) in [6.07, 6.45) is -4.83. The number of nitrogens with zero attached hydrogens (tertiary/aromatic N) is 1. The summed E-state index contributed by atoms with van der Waals surface area (Å²) in [5, 5.41) is 3.23. The first-order valence-corrected chi connectivity index (χ1v) is 6.02. The van der Waals surface area contributed by atoms with E-state index >= 15 is 0 Å². The summed E-state index contributed by atoms with van der Waals surface area (Å²) >= 11 is 1.04. The van der Waals surface area contributed by atoms with Crippen LogP contribution in [0.15, 0.2) is 0 Å². The average Bonchev–Trinajstić information content (AvgIpc) is 2.69. The highest BCUT2D eigenvalue weighted by molar-refractivity contribution is 7.11. The highest BCUT2D eigenvalue weighted by Crippen LogP contribution is 2.36. The number of alkyl halides is 3. The van der Waals surface area contributed by atoms with Gasteiger partial charge >= 0.3 is 6.18 Å². The Bertz CT molecular complexity index is 365. The molecular formula is C10H15F3N2OS. The third-order valence-corrected chi connectivity index (χ3v) is 3.44. The van der Waals surface area contributed by atoms with Crippen LogP contribution in [-0.4, -0.2) is 18.6 Å². The molecule has 1 atom stereocenters. The molecule has 98 valence electrons. The standard InChI is InChI=1S/C10H15F3N2OS/c1-4-14-5-7-8(10(11,12)13)15-9(17-7)6(2)16-3/h6,14H,4-5H2,1-3H3. The van der Waals surface area contributed by atoms with E-state index in [0.29, 0.717) is 11.6 Å². The maximum Gasteiger partial charge on any atom is 0.434 e. The van der Waals surface area contributed by atoms with Gasteiger partial charge in [-0.15, -0.1) is 11.3 Å². The van der Waals surface area contributed by atoms with Crippen molar-refractivity contribution in [2.75, 3.05) is 13.7 Å². The summed E-state index contributed by atoms with van der Waals surface area (Å²) in [6, 6.07) is 0. The second-order valence-electron chi connectivity index (χ2n) is 3.48. The molecule has 0 aliphatic heterocycles. The molecule has 0 saturated carbocycles. The van der Waals surface area contributed by atoms with Crippen molar-refractivity contribution in [1.82, 2.24) is 10.3 Å². The Hall–Kier alpha value is -0.660. The zero-order valence-corrected chi connectivity index (χ0v) is 10.7. The molecule has 1 unspecified atom stereocenters. The predicted molar refractivity (Wildman–Crippen MR) is 59.9 cm³/mol. The maximum absolute atomic E-state index is 12.7. The first kappa shape index (κ1) is 14.4. The summed E-state index contributed by atoms with van der Waals surface area (Å²) in [5.41, 5.74) is -0.803. The molecule has 1 aromatic rings. The molecule has 0 amide bonds. The van der Waals surface area contributed by atoms with Crippen molar-refractivity contribution >= 4 is 11.3 Å². The van der Waals surface area contributed by atoms with E-state index in [9.17, 15) is 13.2 Å². The first-order valence-electron chi connectivity index (χ1n) is 5.20. The largest absolute Gasteiger partial charge is 0.434 e. The Balaban J connectivity index is 3.03. The van der Waals surface area contributed by atoms with Crippen molar-refractivity contribution in [2.45, 2.75) is 32.7 Å². The molecule has 7 heteroatoms. The monoisotopic (exact) mass is 268 g/mol. The van der Waals surface area contributed by atoms with Gasteiger partial charge < -0.3 is 10.1 Å². The van der Waals surface area contributed by atoms with Gasteiger partial charge in [-0.05, 0) is 13.5 Å². The van der Waals surface area contributed by atoms with Crippen molar-refractivity contribution in [3.63, 3.8) is 0 Å². The number of nitrogens with one attached hydrogen (secondary N) is 1. The molecule has 1 rings (SSSR count). The number of hydrogen-bond donors (Lipinski definition) is 1. The number of rotatable bonds is 5. The zero-order chi connectivity index (χ0) is 13.1. The van der Waals surface area contributed by atoms with E-state index in [1.54, 1.807) is 6.92 Å². The van der Waals surface area contributed by atoms with Crippen molar-refractivity contribution in [3.05, 3.63) is 15.6 Å². The fraction of sp³-hybridized carbons (Fsp3) is 0.700. The number of thiazole rings is 1. The first-order chi connectivity index (χ1) is 7.90. The molecule has 0 radical (unpaired) electrons. The van der Waals surface area contributed by atoms with E-state index in [4.69, 9.17) is 4.74 Å². The zero-order valence-electron chi connectivity index (χ0n) is 9.89. The van der Waals surface area contributed by atoms with E-state index in [0.717, 1.165) is 11.3 Å². The van der Waals surface area contributed by atoms with Gasteiger partial charge in [-0.25, -0.2) is 4.98 Å². The summed E-state index contributed by atoms with van der Waals surface area (Å²) < 4.78 is 43.2. The Labute approximate surface area is 102 Å². The number of methoxy groups -OCH3 is 1. The number of hydrogen-bond acceptors (Lipinski definition) is 4. The van der Waals surface area contributed by atoms with Gasteiger partial charge in [0, 0.05) is 13.7 Å². The minimum Gasteiger partial charge on any atom is -0.375 e. The predicted octanol–water partition coefficient (Wildman–Crippen LogP) is 2.98. The molecule has 0 saturated heterocycles. The molecule has 1 aromatic heterocycles. The van der Waals surface area contributed by atoms with Crippen molar-refractivity contribution < 1.29 is 17.9 Å². The van der Waals surface area contributed by atoms with Crippen LogP contribution in [0.25, 0.3) is 0 Å². The average molecular weight is 268 g/mol. The van der Waals surface area contributed by atoms with Gasteiger partial charge in [0.1, 0.15) is 11.1 Å². The van der Waals surface area contributed by atoms with Gasteiger partial charge in [0.25, 0.3) is 0 Å². The summed E-state index contributed by atoms with van der Waals surface area (Å²) in [6.45, 7) is 4.31. The lowest BCUT2D eigenvalue weighted by Crippen LogP contribution is -2.15. The number of aromatic nitrogens is 1. The van der Waals surface area contributed by atoms with Gasteiger partial charge in [-0.3, -0.25) is 0 Å². The van der Waals surface area contributed by atoms with Crippen molar-refractivity contribution in [3.8, 4) is 0 Å². The third kappa shape index (κ3) is 3.65. The van der Waals surface area contributed by atoms with Gasteiger partial charge in [0.05, 0.1) is 4.88 Å². The van der Waals surface area contributed by atoms with Gasteiger partial charge in [0.2, 0.25) is 0 Å². The SMILES string of the molecule is CCNCc1sc(C(C)OC)nc1C(F)(F)F. The molecule has 0 aliphatic rings. The normalized spacial score (nSPS) is 14.0. The van der Waals surface area contributed by atoms with E-state index in [2.05, 4.69) is 10.3 Å². The fourth-order valence-electron chi connectivity index (χ4n) is 1.22. The van der Waals surface area contributed by atoms with Gasteiger partial charge in [0.15, 0.2) is 5.69 Å². The minimum atomic E-state index is -4.41. The second kappa shape index (κ2) is 5.79. The molecule has 3 nitrogen and oxygen atoms in total. The minimum absolute atomic E-state index is 0.180. The van der Waals surface area contributed by atoms with E-state index in [-0.39, 0.29) is 11.4 Å². The number of halogens is 3. The van der Waals surface area contributed by atoms with Crippen molar-refractivity contribution in [2.24, 2.45) is 0 Å². The smallest absolute Gasteiger partial charge is 0.375 e. The Kier molecular flexibility index (Phi) is 4.91. The Morgan fingerprint density at radius 2 is 2.12 bits per heavy atom. The molecule has 0 aliphatic carbocycles. The van der Waals surface area contributed by atoms with Crippen LogP contribution in [0.5, 0.6) is 0 Å². The van der Waals surface area contributed by atoms with Crippen LogP contribution in [0, 0.1) is 0 Å². The summed E-state index contributed by atoms with van der Waals surface area (Å²) in [7, 11) is 1.45. The van der Waals surface area contributed by atoms with E-state index < -0.39 is 18.0 Å². The lowest BCUT2D eigenvalue weighted by atomic mass is 10.3. The highest BCUT2D eigenvalue weighted by atomic mass is 32.1. The van der Waals surface area contributed by atoms with Crippen LogP contribution in [0.1, 0.15) is 35.5 Å². The van der Waals surface area contributed by atoms with Crippen molar-refractivity contribution in [1.29, 1.82) is 0 Å². The molecule has 1 heterocycles. The fourth-order valence-corrected chi connectivity index (χ4v) is 2.31. The van der Waals surface area contributed by atoms with Crippen LogP contribution in [0.2, 0.25) is 0 Å². The Morgan fingerprint density at radius 3 is 2.59 bits per heavy atom. The molecule has 0 bridgehead atoms. The van der Waals surface area contributed by atoms with E-state index in [1.165, 1.54) is 7.11 Å². The van der Waals surface area contributed by atoms with Crippen LogP contribution >= 0.6 is 11.3 Å². The summed E-state index contributed by atoms with van der Waals surface area (Å²) in [5.74, 6) is 0. The van der Waals surface area contributed by atoms with E-state index in [1.807, 2.05) is 6.92 Å². The number of ether oxygens (including phenoxy) is 1. The third-order valence-electron chi connectivity index (χ3n) is 2.22. The van der Waals surface area contributed by atoms with Crippen LogP contribution in [0.3, 0.4) is 0 Å². The Morgan fingerprint density at radius 1 is 1.47 bits per heavy atom. The molecular weight excluding hydrogens is 253 g/mol. The lowest BCUT2D eigenvalue weighted by Gasteiger charge is -2.06.